The van der Waals surface area contributed by atoms with Gasteiger partial charge in [-0.15, -0.1) is 0 Å². The lowest BCUT2D eigenvalue weighted by atomic mass is 9.78. The molecular formula is C10H19NO2. The monoisotopic (exact) mass is 185 g/mol. The van der Waals surface area contributed by atoms with Crippen LogP contribution in [0.3, 0.4) is 0 Å². The fourth-order valence-corrected chi connectivity index (χ4v) is 2.28. The highest BCUT2D eigenvalue weighted by atomic mass is 16.4. The highest BCUT2D eigenvalue weighted by Crippen LogP contribution is 2.31. The van der Waals surface area contributed by atoms with Crippen LogP contribution in [0.2, 0.25) is 0 Å². The third-order valence-electron chi connectivity index (χ3n) is 3.01. The molecule has 1 saturated carbocycles. The van der Waals surface area contributed by atoms with Gasteiger partial charge in [-0.2, -0.15) is 0 Å². The molecule has 0 aliphatic heterocycles. The Labute approximate surface area is 79.3 Å². The molecule has 0 spiro atoms. The van der Waals surface area contributed by atoms with Crippen molar-refractivity contribution in [2.24, 2.45) is 17.6 Å². The molecule has 3 heteroatoms. The first-order valence-electron chi connectivity index (χ1n) is 5.18. The van der Waals surface area contributed by atoms with Crippen molar-refractivity contribution >= 4 is 5.97 Å². The van der Waals surface area contributed by atoms with Crippen LogP contribution in [0.15, 0.2) is 0 Å². The van der Waals surface area contributed by atoms with E-state index in [-0.39, 0.29) is 5.92 Å². The zero-order valence-electron chi connectivity index (χ0n) is 8.04. The Kier molecular flexibility index (Phi) is 4.22. The van der Waals surface area contributed by atoms with E-state index in [1.165, 1.54) is 19.3 Å². The van der Waals surface area contributed by atoms with E-state index in [9.17, 15) is 4.79 Å². The summed E-state index contributed by atoms with van der Waals surface area (Å²) in [6, 6.07) is 0. The third kappa shape index (κ3) is 2.99. The molecule has 3 N–H and O–H groups in total. The predicted molar refractivity (Wildman–Crippen MR) is 51.4 cm³/mol. The molecule has 76 valence electrons. The van der Waals surface area contributed by atoms with Gasteiger partial charge in [-0.3, -0.25) is 4.79 Å². The Bertz CT molecular complexity index is 164. The number of rotatable bonds is 4. The number of carboxylic acid groups (broad SMARTS) is 1. The average Bonchev–Trinajstić information content (AvgIpc) is 2.15. The van der Waals surface area contributed by atoms with Gasteiger partial charge in [0.05, 0.1) is 5.92 Å². The lowest BCUT2D eigenvalue weighted by Gasteiger charge is -2.27. The van der Waals surface area contributed by atoms with Gasteiger partial charge in [-0.25, -0.2) is 0 Å². The summed E-state index contributed by atoms with van der Waals surface area (Å²) in [4.78, 5) is 10.9. The fraction of sp³-hybridized carbons (Fsp3) is 0.900. The second-order valence-electron chi connectivity index (χ2n) is 3.92. The quantitative estimate of drug-likeness (QED) is 0.699. The minimum atomic E-state index is -0.655. The van der Waals surface area contributed by atoms with E-state index in [1.54, 1.807) is 0 Å². The Balaban J connectivity index is 2.46. The van der Waals surface area contributed by atoms with Crippen molar-refractivity contribution in [3.8, 4) is 0 Å². The third-order valence-corrected chi connectivity index (χ3v) is 3.01. The van der Waals surface area contributed by atoms with Crippen molar-refractivity contribution < 1.29 is 9.90 Å². The number of aliphatic carboxylic acids is 1. The smallest absolute Gasteiger partial charge is 0.306 e. The molecule has 0 radical (unpaired) electrons. The molecule has 1 aliphatic carbocycles. The van der Waals surface area contributed by atoms with Gasteiger partial charge in [0.15, 0.2) is 0 Å². The lowest BCUT2D eigenvalue weighted by molar-refractivity contribution is -0.144. The fourth-order valence-electron chi connectivity index (χ4n) is 2.28. The highest BCUT2D eigenvalue weighted by molar-refractivity contribution is 5.70. The van der Waals surface area contributed by atoms with E-state index in [4.69, 9.17) is 10.8 Å². The zero-order chi connectivity index (χ0) is 9.68. The van der Waals surface area contributed by atoms with Crippen LogP contribution in [0.25, 0.3) is 0 Å². The topological polar surface area (TPSA) is 63.3 Å². The van der Waals surface area contributed by atoms with Gasteiger partial charge >= 0.3 is 5.97 Å². The summed E-state index contributed by atoms with van der Waals surface area (Å²) in [5.74, 6) is -0.461. The van der Waals surface area contributed by atoms with Gasteiger partial charge in [0.2, 0.25) is 0 Å². The van der Waals surface area contributed by atoms with E-state index in [0.717, 1.165) is 12.8 Å². The second kappa shape index (κ2) is 5.22. The van der Waals surface area contributed by atoms with Crippen LogP contribution in [0.1, 0.15) is 38.5 Å². The van der Waals surface area contributed by atoms with Gasteiger partial charge in [0, 0.05) is 0 Å². The van der Waals surface area contributed by atoms with Crippen molar-refractivity contribution in [3.63, 3.8) is 0 Å². The van der Waals surface area contributed by atoms with Gasteiger partial charge in [0.25, 0.3) is 0 Å². The van der Waals surface area contributed by atoms with Crippen LogP contribution < -0.4 is 5.73 Å². The maximum Gasteiger partial charge on any atom is 0.306 e. The normalized spacial score (nSPS) is 21.3. The van der Waals surface area contributed by atoms with Gasteiger partial charge in [-0.05, 0) is 31.7 Å². The first-order chi connectivity index (χ1) is 6.25. The van der Waals surface area contributed by atoms with Crippen LogP contribution in [0, 0.1) is 11.8 Å². The lowest BCUT2D eigenvalue weighted by Crippen LogP contribution is -2.27. The maximum atomic E-state index is 10.9. The molecule has 0 heterocycles. The standard InChI is InChI=1S/C10H19NO2/c11-7-6-9(10(12)13)8-4-2-1-3-5-8/h8-9H,1-7,11H2,(H,12,13). The first kappa shape index (κ1) is 10.5. The molecule has 3 nitrogen and oxygen atoms in total. The molecule has 0 amide bonds. The molecule has 0 bridgehead atoms. The minimum absolute atomic E-state index is 0.190. The SMILES string of the molecule is NCCC(C(=O)O)C1CCCCC1. The summed E-state index contributed by atoms with van der Waals surface area (Å²) in [6.07, 6.45) is 6.46. The van der Waals surface area contributed by atoms with Crippen molar-refractivity contribution in [1.29, 1.82) is 0 Å². The summed E-state index contributed by atoms with van der Waals surface area (Å²) >= 11 is 0. The van der Waals surface area contributed by atoms with Crippen LogP contribution in [0.4, 0.5) is 0 Å². The summed E-state index contributed by atoms with van der Waals surface area (Å²) in [5, 5.41) is 9.00. The van der Waals surface area contributed by atoms with Crippen LogP contribution in [0.5, 0.6) is 0 Å². The highest BCUT2D eigenvalue weighted by Gasteiger charge is 2.28. The summed E-state index contributed by atoms with van der Waals surface area (Å²) in [6.45, 7) is 0.494. The number of carbonyl (C=O) groups is 1. The molecule has 0 saturated heterocycles. The van der Waals surface area contributed by atoms with Gasteiger partial charge in [0.1, 0.15) is 0 Å². The van der Waals surface area contributed by atoms with Crippen LogP contribution >= 0.6 is 0 Å². The van der Waals surface area contributed by atoms with Crippen LogP contribution in [-0.4, -0.2) is 17.6 Å². The summed E-state index contributed by atoms with van der Waals surface area (Å²) in [7, 11) is 0. The number of carboxylic acids is 1. The van der Waals surface area contributed by atoms with Crippen molar-refractivity contribution in [3.05, 3.63) is 0 Å². The largest absolute Gasteiger partial charge is 0.481 e. The van der Waals surface area contributed by atoms with Crippen LogP contribution in [-0.2, 0) is 4.79 Å². The molecule has 0 aromatic carbocycles. The first-order valence-corrected chi connectivity index (χ1v) is 5.18. The van der Waals surface area contributed by atoms with E-state index < -0.39 is 5.97 Å². The molecule has 1 fully saturated rings. The second-order valence-corrected chi connectivity index (χ2v) is 3.92. The molecule has 13 heavy (non-hydrogen) atoms. The van der Waals surface area contributed by atoms with Crippen molar-refractivity contribution in [2.45, 2.75) is 38.5 Å². The van der Waals surface area contributed by atoms with E-state index in [0.29, 0.717) is 18.9 Å². The number of hydrogen-bond acceptors (Lipinski definition) is 2. The van der Waals surface area contributed by atoms with E-state index in [1.807, 2.05) is 0 Å². The Hall–Kier alpha value is -0.570. The average molecular weight is 185 g/mol. The molecule has 1 rings (SSSR count). The number of nitrogens with two attached hydrogens (primary N) is 1. The molecule has 1 aliphatic rings. The molecule has 0 aromatic heterocycles. The molecule has 0 aromatic rings. The predicted octanol–water partition coefficient (Wildman–Crippen LogP) is 1.62. The van der Waals surface area contributed by atoms with Gasteiger partial charge < -0.3 is 10.8 Å². The van der Waals surface area contributed by atoms with Crippen molar-refractivity contribution in [1.82, 2.24) is 0 Å². The minimum Gasteiger partial charge on any atom is -0.481 e. The van der Waals surface area contributed by atoms with Crippen molar-refractivity contribution in [2.75, 3.05) is 6.54 Å². The Morgan fingerprint density at radius 3 is 2.46 bits per heavy atom. The Morgan fingerprint density at radius 1 is 1.38 bits per heavy atom. The van der Waals surface area contributed by atoms with E-state index >= 15 is 0 Å². The maximum absolute atomic E-state index is 10.9. The summed E-state index contributed by atoms with van der Waals surface area (Å²) < 4.78 is 0. The zero-order valence-corrected chi connectivity index (χ0v) is 8.04. The number of hydrogen-bond donors (Lipinski definition) is 2. The van der Waals surface area contributed by atoms with Gasteiger partial charge in [-0.1, -0.05) is 19.3 Å². The Morgan fingerprint density at radius 2 is 2.00 bits per heavy atom. The van der Waals surface area contributed by atoms with E-state index in [2.05, 4.69) is 0 Å². The summed E-state index contributed by atoms with van der Waals surface area (Å²) in [5.41, 5.74) is 5.41. The molecule has 1 unspecified atom stereocenters. The molecule has 1 atom stereocenters. The molecular weight excluding hydrogens is 166 g/mol.